The number of fused-ring (bicyclic) bond motifs is 1. The van der Waals surface area contributed by atoms with Gasteiger partial charge in [-0.05, 0) is 62.8 Å². The van der Waals surface area contributed by atoms with Gasteiger partial charge in [0.15, 0.2) is 0 Å². The van der Waals surface area contributed by atoms with Crippen molar-refractivity contribution in [1.29, 1.82) is 0 Å². The summed E-state index contributed by atoms with van der Waals surface area (Å²) in [5.74, 6) is 1.50. The molecule has 0 amide bonds. The van der Waals surface area contributed by atoms with Crippen molar-refractivity contribution in [2.45, 2.75) is 78.7 Å². The summed E-state index contributed by atoms with van der Waals surface area (Å²) in [4.78, 5) is 0. The van der Waals surface area contributed by atoms with Gasteiger partial charge in [-0.1, -0.05) is 63.6 Å². The Balaban J connectivity index is 2.30. The van der Waals surface area contributed by atoms with Crippen molar-refractivity contribution in [3.63, 3.8) is 0 Å². The van der Waals surface area contributed by atoms with Crippen molar-refractivity contribution < 1.29 is 4.74 Å². The molecule has 0 aromatic heterocycles. The van der Waals surface area contributed by atoms with E-state index in [9.17, 15) is 0 Å². The standard InChI is InChI=1S/C25H34O/c1-8-24(9-2)20(7)25(10-3,21-13-11-17(4)15-19(21)6)26-23-16-18(5)12-14-22(23)24/h11-16,20H,8-10H2,1-7H3. The Kier molecular flexibility index (Phi) is 4.94. The first-order chi connectivity index (χ1) is 12.3. The van der Waals surface area contributed by atoms with Crippen LogP contribution in [0.5, 0.6) is 5.75 Å². The lowest BCUT2D eigenvalue weighted by molar-refractivity contribution is -0.0563. The first-order valence-corrected chi connectivity index (χ1v) is 10.2. The molecule has 0 spiro atoms. The molecule has 1 heteroatoms. The first kappa shape index (κ1) is 19.0. The van der Waals surface area contributed by atoms with Gasteiger partial charge in [0.2, 0.25) is 0 Å². The highest BCUT2D eigenvalue weighted by Gasteiger charge is 2.54. The first-order valence-electron chi connectivity index (χ1n) is 10.2. The molecule has 1 nitrogen and oxygen atoms in total. The molecule has 0 fully saturated rings. The molecular formula is C25H34O. The summed E-state index contributed by atoms with van der Waals surface area (Å²) < 4.78 is 6.93. The van der Waals surface area contributed by atoms with Crippen molar-refractivity contribution in [2.24, 2.45) is 5.92 Å². The van der Waals surface area contributed by atoms with Gasteiger partial charge in [-0.15, -0.1) is 0 Å². The highest BCUT2D eigenvalue weighted by atomic mass is 16.5. The van der Waals surface area contributed by atoms with Crippen molar-refractivity contribution in [3.05, 3.63) is 64.2 Å². The lowest BCUT2D eigenvalue weighted by atomic mass is 9.57. The molecule has 2 atom stereocenters. The quantitative estimate of drug-likeness (QED) is 0.576. The van der Waals surface area contributed by atoms with Crippen molar-refractivity contribution >= 4 is 0 Å². The van der Waals surface area contributed by atoms with Crippen LogP contribution in [0.25, 0.3) is 0 Å². The van der Waals surface area contributed by atoms with Crippen LogP contribution >= 0.6 is 0 Å². The SMILES string of the molecule is CCC1(CC)c2ccc(C)cc2OC(CC)(c2ccc(C)cc2C)C1C. The summed E-state index contributed by atoms with van der Waals surface area (Å²) in [7, 11) is 0. The lowest BCUT2D eigenvalue weighted by Crippen LogP contribution is -2.53. The average Bonchev–Trinajstić information content (AvgIpc) is 2.62. The normalized spacial score (nSPS) is 24.0. The highest BCUT2D eigenvalue weighted by Crippen LogP contribution is 2.57. The third kappa shape index (κ3) is 2.59. The Bertz CT molecular complexity index is 800. The smallest absolute Gasteiger partial charge is 0.137 e. The monoisotopic (exact) mass is 350 g/mol. The number of ether oxygens (including phenoxy) is 1. The van der Waals surface area contributed by atoms with Crippen LogP contribution in [0.2, 0.25) is 0 Å². The zero-order valence-corrected chi connectivity index (χ0v) is 17.6. The Morgan fingerprint density at radius 2 is 1.38 bits per heavy atom. The van der Waals surface area contributed by atoms with E-state index in [2.05, 4.69) is 84.9 Å². The van der Waals surface area contributed by atoms with E-state index in [0.29, 0.717) is 5.92 Å². The molecule has 2 aromatic rings. The molecule has 26 heavy (non-hydrogen) atoms. The van der Waals surface area contributed by atoms with E-state index in [4.69, 9.17) is 4.74 Å². The van der Waals surface area contributed by atoms with E-state index in [1.807, 2.05) is 0 Å². The van der Waals surface area contributed by atoms with E-state index >= 15 is 0 Å². The van der Waals surface area contributed by atoms with Gasteiger partial charge >= 0.3 is 0 Å². The van der Waals surface area contributed by atoms with Crippen LogP contribution in [0.4, 0.5) is 0 Å². The maximum atomic E-state index is 6.93. The van der Waals surface area contributed by atoms with Gasteiger partial charge in [0.05, 0.1) is 0 Å². The van der Waals surface area contributed by atoms with E-state index in [1.54, 1.807) is 0 Å². The molecule has 1 aliphatic heterocycles. The minimum atomic E-state index is -0.273. The number of hydrogen-bond donors (Lipinski definition) is 0. The zero-order chi connectivity index (χ0) is 19.1. The third-order valence-corrected chi connectivity index (χ3v) is 7.12. The summed E-state index contributed by atoms with van der Waals surface area (Å²) in [5, 5.41) is 0. The van der Waals surface area contributed by atoms with Crippen LogP contribution in [0.15, 0.2) is 36.4 Å². The summed E-state index contributed by atoms with van der Waals surface area (Å²) >= 11 is 0. The molecule has 0 radical (unpaired) electrons. The average molecular weight is 351 g/mol. The minimum absolute atomic E-state index is 0.147. The molecule has 140 valence electrons. The van der Waals surface area contributed by atoms with Crippen LogP contribution in [0.3, 0.4) is 0 Å². The van der Waals surface area contributed by atoms with Crippen LogP contribution in [-0.4, -0.2) is 0 Å². The summed E-state index contributed by atoms with van der Waals surface area (Å²) in [6.07, 6.45) is 3.25. The van der Waals surface area contributed by atoms with Crippen molar-refractivity contribution in [3.8, 4) is 5.75 Å². The molecule has 0 saturated heterocycles. The van der Waals surface area contributed by atoms with Gasteiger partial charge in [-0.25, -0.2) is 0 Å². The molecule has 0 aliphatic carbocycles. The molecule has 2 aromatic carbocycles. The summed E-state index contributed by atoms with van der Waals surface area (Å²) in [5.41, 5.74) is 6.56. The number of rotatable bonds is 4. The van der Waals surface area contributed by atoms with Crippen LogP contribution in [0.1, 0.15) is 74.8 Å². The molecule has 3 rings (SSSR count). The second-order valence-electron chi connectivity index (χ2n) is 8.25. The van der Waals surface area contributed by atoms with Gasteiger partial charge in [0, 0.05) is 16.9 Å². The minimum Gasteiger partial charge on any atom is -0.482 e. The number of aryl methyl sites for hydroxylation is 3. The maximum absolute atomic E-state index is 6.93. The lowest BCUT2D eigenvalue weighted by Gasteiger charge is -2.54. The molecule has 2 unspecified atom stereocenters. The van der Waals surface area contributed by atoms with Crippen molar-refractivity contribution in [1.82, 2.24) is 0 Å². The van der Waals surface area contributed by atoms with Gasteiger partial charge in [-0.3, -0.25) is 0 Å². The molecular weight excluding hydrogens is 316 g/mol. The second kappa shape index (κ2) is 6.76. The predicted molar refractivity (Wildman–Crippen MR) is 111 cm³/mol. The fourth-order valence-electron chi connectivity index (χ4n) is 5.48. The second-order valence-corrected chi connectivity index (χ2v) is 8.25. The molecule has 0 N–H and O–H groups in total. The van der Waals surface area contributed by atoms with Crippen molar-refractivity contribution in [2.75, 3.05) is 0 Å². The van der Waals surface area contributed by atoms with E-state index in [1.165, 1.54) is 27.8 Å². The fraction of sp³-hybridized carbons (Fsp3) is 0.520. The Morgan fingerprint density at radius 1 is 0.808 bits per heavy atom. The van der Waals surface area contributed by atoms with Crippen LogP contribution in [0, 0.1) is 26.7 Å². The van der Waals surface area contributed by atoms with Crippen LogP contribution < -0.4 is 4.74 Å². The highest BCUT2D eigenvalue weighted by molar-refractivity contribution is 5.49. The topological polar surface area (TPSA) is 9.23 Å². The Hall–Kier alpha value is -1.76. The van der Waals surface area contributed by atoms with E-state index < -0.39 is 0 Å². The van der Waals surface area contributed by atoms with Crippen LogP contribution in [-0.2, 0) is 11.0 Å². The number of benzene rings is 2. The third-order valence-electron chi connectivity index (χ3n) is 7.12. The van der Waals surface area contributed by atoms with Gasteiger partial charge < -0.3 is 4.74 Å². The summed E-state index contributed by atoms with van der Waals surface area (Å²) in [6.45, 7) is 16.0. The zero-order valence-electron chi connectivity index (χ0n) is 17.6. The maximum Gasteiger partial charge on any atom is 0.137 e. The fourth-order valence-corrected chi connectivity index (χ4v) is 5.48. The van der Waals surface area contributed by atoms with E-state index in [-0.39, 0.29) is 11.0 Å². The van der Waals surface area contributed by atoms with Gasteiger partial charge in [0.25, 0.3) is 0 Å². The number of hydrogen-bond acceptors (Lipinski definition) is 1. The van der Waals surface area contributed by atoms with Gasteiger partial charge in [0.1, 0.15) is 11.4 Å². The molecule has 0 saturated carbocycles. The Morgan fingerprint density at radius 3 is 1.92 bits per heavy atom. The largest absolute Gasteiger partial charge is 0.482 e. The molecule has 0 bridgehead atoms. The molecule has 1 aliphatic rings. The Labute approximate surface area is 159 Å². The van der Waals surface area contributed by atoms with E-state index in [0.717, 1.165) is 25.0 Å². The predicted octanol–water partition coefficient (Wildman–Crippen LogP) is 7.00. The molecule has 1 heterocycles. The summed E-state index contributed by atoms with van der Waals surface area (Å²) in [6, 6.07) is 13.6. The van der Waals surface area contributed by atoms with Gasteiger partial charge in [-0.2, -0.15) is 0 Å².